The second-order valence-electron chi connectivity index (χ2n) is 7.31. The van der Waals surface area contributed by atoms with Gasteiger partial charge in [0.25, 0.3) is 5.91 Å². The maximum absolute atomic E-state index is 14.6. The summed E-state index contributed by atoms with van der Waals surface area (Å²) in [6, 6.07) is 4.72. The second-order valence-corrected chi connectivity index (χ2v) is 8.39. The van der Waals surface area contributed by atoms with Crippen LogP contribution in [0.15, 0.2) is 18.2 Å². The molecule has 1 aromatic carbocycles. The van der Waals surface area contributed by atoms with Crippen LogP contribution in [-0.4, -0.2) is 48.6 Å². The number of anilines is 1. The van der Waals surface area contributed by atoms with Gasteiger partial charge in [0.05, 0.1) is 18.8 Å². The number of carbonyl (C=O) groups is 2. The Balaban J connectivity index is 1.39. The van der Waals surface area contributed by atoms with E-state index >= 15 is 0 Å². The van der Waals surface area contributed by atoms with Crippen molar-refractivity contribution in [2.45, 2.75) is 24.9 Å². The van der Waals surface area contributed by atoms with Crippen LogP contribution >= 0.6 is 11.8 Å². The van der Waals surface area contributed by atoms with Crippen molar-refractivity contribution in [3.05, 3.63) is 29.6 Å². The van der Waals surface area contributed by atoms with Gasteiger partial charge in [-0.15, -0.1) is 0 Å². The van der Waals surface area contributed by atoms with E-state index in [0.29, 0.717) is 30.0 Å². The minimum Gasteiger partial charge on any atom is -0.442 e. The second kappa shape index (κ2) is 6.61. The van der Waals surface area contributed by atoms with Gasteiger partial charge in [0, 0.05) is 6.92 Å². The van der Waals surface area contributed by atoms with Crippen molar-refractivity contribution in [3.63, 3.8) is 0 Å². The lowest BCUT2D eigenvalue weighted by Gasteiger charge is -2.15. The molecule has 1 unspecified atom stereocenters. The van der Waals surface area contributed by atoms with Crippen molar-refractivity contribution in [2.24, 2.45) is 11.8 Å². The van der Waals surface area contributed by atoms with Crippen molar-refractivity contribution in [2.75, 3.05) is 29.5 Å². The molecule has 3 fully saturated rings. The minimum absolute atomic E-state index is 0.0541. The standard InChI is InChI=1S/C18H19F3N2O3S/c1-18(20,21)16(24)22-5-10-6-23(17(25)26-10)9-2-3-11(14(19)4-9)15-12-7-27-8-13(12)15/h2-4,10,12-13,15H,5-8H2,1H3,(H,22,24)/t10-,12-,13+,15?/m0/s1. The Kier molecular flexibility index (Phi) is 4.52. The molecule has 1 N–H and O–H groups in total. The zero-order chi connectivity index (χ0) is 19.3. The normalized spacial score (nSPS) is 29.5. The molecule has 1 aliphatic carbocycles. The van der Waals surface area contributed by atoms with Crippen molar-refractivity contribution >= 4 is 29.4 Å². The van der Waals surface area contributed by atoms with E-state index in [-0.39, 0.29) is 24.8 Å². The number of hydrogen-bond acceptors (Lipinski definition) is 4. The summed E-state index contributed by atoms with van der Waals surface area (Å²) >= 11 is 1.90. The highest BCUT2D eigenvalue weighted by Crippen LogP contribution is 2.61. The number of thioether (sulfide) groups is 1. The number of amides is 2. The quantitative estimate of drug-likeness (QED) is 0.826. The Hall–Kier alpha value is -1.90. The fourth-order valence-electron chi connectivity index (χ4n) is 3.86. The highest BCUT2D eigenvalue weighted by Gasteiger charge is 2.54. The zero-order valence-electron chi connectivity index (χ0n) is 14.6. The number of benzene rings is 1. The predicted molar refractivity (Wildman–Crippen MR) is 94.7 cm³/mol. The van der Waals surface area contributed by atoms with Gasteiger partial charge in [-0.25, -0.2) is 9.18 Å². The predicted octanol–water partition coefficient (Wildman–Crippen LogP) is 3.00. The average molecular weight is 400 g/mol. The molecule has 2 heterocycles. The first-order valence-corrected chi connectivity index (χ1v) is 9.92. The van der Waals surface area contributed by atoms with Gasteiger partial charge in [-0.1, -0.05) is 6.07 Å². The highest BCUT2D eigenvalue weighted by atomic mass is 32.2. The topological polar surface area (TPSA) is 58.6 Å². The van der Waals surface area contributed by atoms with E-state index in [1.807, 2.05) is 11.8 Å². The molecule has 9 heteroatoms. The van der Waals surface area contributed by atoms with Crippen LogP contribution in [0.1, 0.15) is 18.4 Å². The Bertz CT molecular complexity index is 776. The maximum atomic E-state index is 14.6. The summed E-state index contributed by atoms with van der Waals surface area (Å²) in [7, 11) is 0. The number of ether oxygens (including phenoxy) is 1. The number of nitrogens with one attached hydrogen (secondary N) is 1. The molecule has 0 spiro atoms. The number of carbonyl (C=O) groups excluding carboxylic acids is 2. The third-order valence-corrected chi connectivity index (χ3v) is 6.61. The van der Waals surface area contributed by atoms with E-state index in [4.69, 9.17) is 4.74 Å². The molecule has 0 radical (unpaired) electrons. The molecule has 1 aromatic rings. The number of cyclic esters (lactones) is 1. The summed E-state index contributed by atoms with van der Waals surface area (Å²) in [5.41, 5.74) is 1.05. The Morgan fingerprint density at radius 3 is 2.70 bits per heavy atom. The monoisotopic (exact) mass is 400 g/mol. The molecule has 4 atom stereocenters. The average Bonchev–Trinajstić information content (AvgIpc) is 2.94. The summed E-state index contributed by atoms with van der Waals surface area (Å²) in [4.78, 5) is 24.5. The van der Waals surface area contributed by atoms with Crippen molar-refractivity contribution < 1.29 is 27.5 Å². The van der Waals surface area contributed by atoms with Crippen molar-refractivity contribution in [1.82, 2.24) is 5.32 Å². The van der Waals surface area contributed by atoms with Gasteiger partial charge < -0.3 is 10.1 Å². The van der Waals surface area contributed by atoms with Crippen LogP contribution in [0.2, 0.25) is 0 Å². The molecule has 146 valence electrons. The first-order valence-electron chi connectivity index (χ1n) is 8.77. The molecule has 0 bridgehead atoms. The number of alkyl halides is 2. The van der Waals surface area contributed by atoms with Crippen LogP contribution in [0.25, 0.3) is 0 Å². The third kappa shape index (κ3) is 3.49. The molecule has 2 saturated heterocycles. The summed E-state index contributed by atoms with van der Waals surface area (Å²) in [5.74, 6) is -1.76. The van der Waals surface area contributed by atoms with Gasteiger partial charge in [-0.2, -0.15) is 20.5 Å². The molecule has 2 amide bonds. The van der Waals surface area contributed by atoms with Crippen molar-refractivity contribution in [1.29, 1.82) is 0 Å². The first kappa shape index (κ1) is 18.5. The zero-order valence-corrected chi connectivity index (χ0v) is 15.4. The Morgan fingerprint density at radius 2 is 2.07 bits per heavy atom. The lowest BCUT2D eigenvalue weighted by Crippen LogP contribution is -2.42. The summed E-state index contributed by atoms with van der Waals surface area (Å²) in [6.07, 6.45) is -1.46. The van der Waals surface area contributed by atoms with Gasteiger partial charge in [-0.05, 0) is 47.0 Å². The number of rotatable bonds is 5. The molecular weight excluding hydrogens is 381 g/mol. The summed E-state index contributed by atoms with van der Waals surface area (Å²) < 4.78 is 45.4. The molecule has 3 aliphatic rings. The highest BCUT2D eigenvalue weighted by molar-refractivity contribution is 7.99. The van der Waals surface area contributed by atoms with E-state index in [1.54, 1.807) is 12.1 Å². The fourth-order valence-corrected chi connectivity index (χ4v) is 5.45. The van der Waals surface area contributed by atoms with E-state index in [9.17, 15) is 22.8 Å². The first-order chi connectivity index (χ1) is 12.8. The van der Waals surface area contributed by atoms with Crippen LogP contribution in [-0.2, 0) is 9.53 Å². The molecule has 0 aromatic heterocycles. The molecular formula is C18H19F3N2O3S. The van der Waals surface area contributed by atoms with Crippen LogP contribution in [0.5, 0.6) is 0 Å². The number of hydrogen-bond donors (Lipinski definition) is 1. The summed E-state index contributed by atoms with van der Waals surface area (Å²) in [5, 5.41) is 2.05. The Labute approximate surface area is 158 Å². The van der Waals surface area contributed by atoms with Gasteiger partial charge in [0.1, 0.15) is 11.9 Å². The summed E-state index contributed by atoms with van der Waals surface area (Å²) in [6.45, 7) is 0.318. The third-order valence-electron chi connectivity index (χ3n) is 5.37. The molecule has 27 heavy (non-hydrogen) atoms. The van der Waals surface area contributed by atoms with Gasteiger partial charge in [0.15, 0.2) is 0 Å². The van der Waals surface area contributed by atoms with Crippen LogP contribution in [0.4, 0.5) is 23.7 Å². The Morgan fingerprint density at radius 1 is 1.37 bits per heavy atom. The van der Waals surface area contributed by atoms with Crippen LogP contribution in [0, 0.1) is 17.7 Å². The van der Waals surface area contributed by atoms with Crippen molar-refractivity contribution in [3.8, 4) is 0 Å². The van der Waals surface area contributed by atoms with Gasteiger partial charge in [0.2, 0.25) is 0 Å². The van der Waals surface area contributed by atoms with Crippen LogP contribution in [0.3, 0.4) is 0 Å². The molecule has 4 rings (SSSR count). The SMILES string of the molecule is CC(F)(F)C(=O)NC[C@H]1CN(c2ccc(C3[C@H]4CSC[C@@H]34)c(F)c2)C(=O)O1. The number of nitrogens with zero attached hydrogens (tertiary/aromatic N) is 1. The smallest absolute Gasteiger partial charge is 0.414 e. The van der Waals surface area contributed by atoms with E-state index in [2.05, 4.69) is 5.32 Å². The maximum Gasteiger partial charge on any atom is 0.414 e. The van der Waals surface area contributed by atoms with E-state index < -0.39 is 24.0 Å². The van der Waals surface area contributed by atoms with E-state index in [1.165, 1.54) is 11.0 Å². The largest absolute Gasteiger partial charge is 0.442 e. The lowest BCUT2D eigenvalue weighted by atomic mass is 10.1. The number of halogens is 3. The molecule has 5 nitrogen and oxygen atoms in total. The van der Waals surface area contributed by atoms with Gasteiger partial charge >= 0.3 is 12.0 Å². The van der Waals surface area contributed by atoms with Gasteiger partial charge in [-0.3, -0.25) is 9.69 Å². The minimum atomic E-state index is -3.50. The lowest BCUT2D eigenvalue weighted by molar-refractivity contribution is -0.143. The molecule has 1 saturated carbocycles. The molecule has 2 aliphatic heterocycles. The number of fused-ring (bicyclic) bond motifs is 1. The van der Waals surface area contributed by atoms with E-state index in [0.717, 1.165) is 11.5 Å². The van der Waals surface area contributed by atoms with Crippen LogP contribution < -0.4 is 10.2 Å². The fraction of sp³-hybridized carbons (Fsp3) is 0.556.